The monoisotopic (exact) mass is 710 g/mol. The average molecular weight is 711 g/mol. The van der Waals surface area contributed by atoms with Crippen molar-refractivity contribution in [3.05, 3.63) is 57.6 Å². The number of unbranched alkanes of at least 4 members (excludes halogenated alkanes) is 10. The van der Waals surface area contributed by atoms with Crippen LogP contribution >= 0.6 is 17.2 Å². The molecule has 9 heteroatoms. The van der Waals surface area contributed by atoms with Gasteiger partial charge in [0.25, 0.3) is 0 Å². The van der Waals surface area contributed by atoms with Gasteiger partial charge < -0.3 is 29.8 Å². The lowest BCUT2D eigenvalue weighted by Gasteiger charge is -2.40. The quantitative estimate of drug-likeness (QED) is 0.0670. The van der Waals surface area contributed by atoms with Gasteiger partial charge >= 0.3 is 17.2 Å². The smallest absolute Gasteiger partial charge is 0.334 e. The first kappa shape index (κ1) is 44.7. The van der Waals surface area contributed by atoms with Crippen LogP contribution in [0.2, 0.25) is 0 Å². The Labute approximate surface area is 295 Å². The molecule has 0 spiro atoms. The van der Waals surface area contributed by atoms with Crippen LogP contribution in [0.4, 0.5) is 0 Å². The highest BCUT2D eigenvalue weighted by atomic mass is 31.2. The topological polar surface area (TPSA) is 131 Å². The van der Waals surface area contributed by atoms with Crippen LogP contribution in [-0.2, 0) is 20.6 Å². The van der Waals surface area contributed by atoms with Gasteiger partial charge in [0.15, 0.2) is 0 Å². The molecule has 0 saturated carbocycles. The van der Waals surface area contributed by atoms with E-state index in [-0.39, 0.29) is 16.2 Å². The van der Waals surface area contributed by atoms with E-state index in [1.165, 1.54) is 81.8 Å². The predicted octanol–water partition coefficient (Wildman–Crippen LogP) is 11.5. The highest BCUT2D eigenvalue weighted by Gasteiger charge is 2.38. The summed E-state index contributed by atoms with van der Waals surface area (Å²) in [6.07, 6.45) is 18.0. The second kappa shape index (κ2) is 21.2. The van der Waals surface area contributed by atoms with Gasteiger partial charge in [0.05, 0.1) is 0 Å². The number of hydrogen-bond acceptors (Lipinski definition) is 7. The van der Waals surface area contributed by atoms with E-state index in [1.54, 1.807) is 0 Å². The molecule has 0 aromatic heterocycles. The molecule has 0 saturated heterocycles. The van der Waals surface area contributed by atoms with Gasteiger partial charge in [0.1, 0.15) is 11.5 Å². The van der Waals surface area contributed by atoms with Crippen LogP contribution in [0.15, 0.2) is 24.3 Å². The Kier molecular flexibility index (Phi) is 19.7. The molecule has 2 rings (SSSR count). The number of aryl methyl sites for hydroxylation is 2. The first-order valence-corrected chi connectivity index (χ1v) is 20.4. The van der Waals surface area contributed by atoms with Crippen molar-refractivity contribution in [3.8, 4) is 11.5 Å². The van der Waals surface area contributed by atoms with Crippen molar-refractivity contribution in [1.29, 1.82) is 0 Å². The highest BCUT2D eigenvalue weighted by Crippen LogP contribution is 2.49. The first-order chi connectivity index (χ1) is 22.3. The van der Waals surface area contributed by atoms with E-state index in [2.05, 4.69) is 85.7 Å². The summed E-state index contributed by atoms with van der Waals surface area (Å²) in [5.41, 5.74) is 6.60. The number of phenols is 2. The van der Waals surface area contributed by atoms with E-state index in [0.29, 0.717) is 11.5 Å². The fourth-order valence-electron chi connectivity index (χ4n) is 7.01. The van der Waals surface area contributed by atoms with Gasteiger partial charge in [0.2, 0.25) is 0 Å². The van der Waals surface area contributed by atoms with Gasteiger partial charge in [-0.25, -0.2) is 4.31 Å². The fourth-order valence-corrected chi connectivity index (χ4v) is 7.53. The summed E-state index contributed by atoms with van der Waals surface area (Å²) in [6, 6.07) is 8.65. The summed E-state index contributed by atoms with van der Waals surface area (Å²) in [6.45, 7) is 22.1. The highest BCUT2D eigenvalue weighted by molar-refractivity contribution is 7.53. The number of benzene rings is 2. The van der Waals surface area contributed by atoms with Crippen LogP contribution in [0.1, 0.15) is 179 Å². The SMILES string of the molecule is CCCCCCCCCCCCCC(CCC)(c1cc(C(C)(C)C)c(O)cc1C)c1cc(C(C)(C)C)c(O)cc1C.OP(O)OP(O)O. The second-order valence-electron chi connectivity index (χ2n) is 15.6. The van der Waals surface area contributed by atoms with Crippen molar-refractivity contribution in [2.75, 3.05) is 0 Å². The maximum Gasteiger partial charge on any atom is 0.334 e. The van der Waals surface area contributed by atoms with E-state index >= 15 is 0 Å². The number of phenolic OH excluding ortho intramolecular Hbond substituents is 2. The summed E-state index contributed by atoms with van der Waals surface area (Å²) in [5.74, 6) is 0.799. The van der Waals surface area contributed by atoms with Gasteiger partial charge in [-0.15, -0.1) is 0 Å². The minimum absolute atomic E-state index is 0.151. The van der Waals surface area contributed by atoms with Gasteiger partial charge in [-0.05, 0) is 83.0 Å². The summed E-state index contributed by atoms with van der Waals surface area (Å²) in [7, 11) is -5.22. The third-order valence-corrected chi connectivity index (χ3v) is 10.5. The van der Waals surface area contributed by atoms with Crippen LogP contribution in [0.3, 0.4) is 0 Å². The van der Waals surface area contributed by atoms with Crippen molar-refractivity contribution in [2.45, 2.75) is 175 Å². The average Bonchev–Trinajstić information content (AvgIpc) is 2.94. The summed E-state index contributed by atoms with van der Waals surface area (Å²) < 4.78 is 3.60. The molecule has 2 aromatic rings. The third-order valence-electron chi connectivity index (χ3n) is 9.36. The molecule has 6 N–H and O–H groups in total. The van der Waals surface area contributed by atoms with Crippen molar-refractivity contribution in [2.24, 2.45) is 0 Å². The maximum atomic E-state index is 11.0. The Morgan fingerprint density at radius 2 is 0.854 bits per heavy atom. The zero-order valence-electron chi connectivity index (χ0n) is 31.7. The molecule has 276 valence electrons. The van der Waals surface area contributed by atoms with E-state index < -0.39 is 17.2 Å². The lowest BCUT2D eigenvalue weighted by molar-refractivity contribution is 0.324. The number of aromatic hydroxyl groups is 2. The normalized spacial score (nSPS) is 12.5. The minimum Gasteiger partial charge on any atom is -0.508 e. The van der Waals surface area contributed by atoms with E-state index in [9.17, 15) is 10.2 Å². The van der Waals surface area contributed by atoms with Crippen molar-refractivity contribution < 1.29 is 34.1 Å². The van der Waals surface area contributed by atoms with Crippen LogP contribution in [-0.4, -0.2) is 29.8 Å². The Bertz CT molecular complexity index is 1140. The zero-order chi connectivity index (χ0) is 36.7. The molecule has 7 nitrogen and oxygen atoms in total. The molecule has 0 aliphatic heterocycles. The lowest BCUT2D eigenvalue weighted by atomic mass is 9.64. The molecule has 0 aliphatic rings. The standard InChI is InChI=1S/C39H64O2.H4O5P2/c1-11-13-14-15-16-17-18-19-20-21-22-24-39(23-12-2,31-27-33(37(5,6)7)35(40)25-29(31)3)32-28-34(38(8,9)10)36(41)26-30(32)4;1-6(2)5-7(3)4/h25-28,40-41H,11-24H2,1-10H3;1-4H. The summed E-state index contributed by atoms with van der Waals surface area (Å²) >= 11 is 0. The fraction of sp³-hybridized carbons (Fsp3) is 0.692. The number of hydrogen-bond donors (Lipinski definition) is 6. The van der Waals surface area contributed by atoms with Gasteiger partial charge in [-0.1, -0.05) is 145 Å². The predicted molar refractivity (Wildman–Crippen MR) is 204 cm³/mol. The minimum atomic E-state index is -2.61. The molecule has 0 unspecified atom stereocenters. The zero-order valence-corrected chi connectivity index (χ0v) is 33.5. The molecule has 0 atom stereocenters. The Morgan fingerprint density at radius 3 is 1.15 bits per heavy atom. The third kappa shape index (κ3) is 14.5. The van der Waals surface area contributed by atoms with Crippen molar-refractivity contribution in [1.82, 2.24) is 0 Å². The van der Waals surface area contributed by atoms with Crippen LogP contribution in [0.5, 0.6) is 11.5 Å². The van der Waals surface area contributed by atoms with E-state index in [0.717, 1.165) is 41.5 Å². The van der Waals surface area contributed by atoms with Gasteiger partial charge in [0, 0.05) is 5.41 Å². The van der Waals surface area contributed by atoms with Crippen molar-refractivity contribution >= 4 is 17.2 Å². The molecule has 0 amide bonds. The van der Waals surface area contributed by atoms with Gasteiger partial charge in [-0.3, -0.25) is 0 Å². The van der Waals surface area contributed by atoms with Crippen LogP contribution in [0.25, 0.3) is 0 Å². The molecule has 2 aromatic carbocycles. The Balaban J connectivity index is 0.00000148. The first-order valence-electron chi connectivity index (χ1n) is 18.0. The number of rotatable bonds is 18. The molecule has 0 aliphatic carbocycles. The largest absolute Gasteiger partial charge is 0.508 e. The van der Waals surface area contributed by atoms with E-state index in [1.807, 2.05) is 12.1 Å². The summed E-state index contributed by atoms with van der Waals surface area (Å²) in [4.78, 5) is 31.3. The molecule has 0 fully saturated rings. The Hall–Kier alpha value is -1.30. The molecular weight excluding hydrogens is 642 g/mol. The molecule has 0 heterocycles. The molecule has 0 bridgehead atoms. The lowest BCUT2D eigenvalue weighted by Crippen LogP contribution is -2.31. The Morgan fingerprint density at radius 1 is 0.500 bits per heavy atom. The summed E-state index contributed by atoms with van der Waals surface area (Å²) in [5, 5.41) is 22.0. The molecule has 48 heavy (non-hydrogen) atoms. The van der Waals surface area contributed by atoms with Crippen LogP contribution < -0.4 is 0 Å². The van der Waals surface area contributed by atoms with Crippen LogP contribution in [0, 0.1) is 13.8 Å². The van der Waals surface area contributed by atoms with Crippen molar-refractivity contribution in [3.63, 3.8) is 0 Å². The second-order valence-corrected chi connectivity index (χ2v) is 17.2. The van der Waals surface area contributed by atoms with E-state index in [4.69, 9.17) is 19.6 Å². The van der Waals surface area contributed by atoms with Gasteiger partial charge in [-0.2, -0.15) is 0 Å². The molecular formula is C39H68O7P2. The molecule has 0 radical (unpaired) electrons. The maximum absolute atomic E-state index is 11.0.